The summed E-state index contributed by atoms with van der Waals surface area (Å²) in [7, 11) is -3.29. The Morgan fingerprint density at radius 1 is 1.10 bits per heavy atom. The maximum Gasteiger partial charge on any atom is 0.209 e. The van der Waals surface area contributed by atoms with Gasteiger partial charge in [0, 0.05) is 24.4 Å². The predicted molar refractivity (Wildman–Crippen MR) is 125 cm³/mol. The second-order valence-corrected chi connectivity index (χ2v) is 10.2. The third-order valence-corrected chi connectivity index (χ3v) is 5.72. The van der Waals surface area contributed by atoms with Gasteiger partial charge < -0.3 is 5.32 Å². The Kier molecular flexibility index (Phi) is 8.05. The zero-order valence-electron chi connectivity index (χ0n) is 18.2. The Morgan fingerprint density at radius 3 is 2.50 bits per heavy atom. The van der Waals surface area contributed by atoms with Gasteiger partial charge in [0.25, 0.3) is 0 Å². The second kappa shape index (κ2) is 10.1. The Hall–Kier alpha value is -2.36. The Bertz CT molecular complexity index is 1080. The molecule has 0 radical (unpaired) electrons. The Labute approximate surface area is 183 Å². The minimum Gasteiger partial charge on any atom is -0.325 e. The summed E-state index contributed by atoms with van der Waals surface area (Å²) in [5.74, 6) is 1.44. The van der Waals surface area contributed by atoms with Gasteiger partial charge in [0.1, 0.15) is 11.6 Å². The number of rotatable bonds is 7. The van der Waals surface area contributed by atoms with Crippen molar-refractivity contribution >= 4 is 33.0 Å². The van der Waals surface area contributed by atoms with Crippen molar-refractivity contribution < 1.29 is 8.42 Å². The highest BCUT2D eigenvalue weighted by atomic mass is 32.2. The van der Waals surface area contributed by atoms with E-state index in [-0.39, 0.29) is 0 Å². The molecule has 0 saturated carbocycles. The van der Waals surface area contributed by atoms with E-state index in [1.165, 1.54) is 11.3 Å². The molecule has 0 fully saturated rings. The summed E-state index contributed by atoms with van der Waals surface area (Å²) in [5.41, 5.74) is 1.30. The zero-order chi connectivity index (χ0) is 22.4. The van der Waals surface area contributed by atoms with Gasteiger partial charge >= 0.3 is 0 Å². The van der Waals surface area contributed by atoms with Crippen LogP contribution in [0.25, 0.3) is 10.6 Å². The predicted octanol–water partition coefficient (Wildman–Crippen LogP) is 4.55. The van der Waals surface area contributed by atoms with Crippen molar-refractivity contribution in [3.8, 4) is 10.6 Å². The highest BCUT2D eigenvalue weighted by Gasteiger charge is 2.24. The molecule has 0 atom stereocenters. The van der Waals surface area contributed by atoms with Crippen molar-refractivity contribution in [1.29, 1.82) is 0 Å². The molecule has 3 rings (SSSR count). The maximum absolute atomic E-state index is 11.5. The van der Waals surface area contributed by atoms with E-state index in [4.69, 9.17) is 0 Å². The van der Waals surface area contributed by atoms with Gasteiger partial charge in [-0.25, -0.2) is 28.1 Å². The summed E-state index contributed by atoms with van der Waals surface area (Å²) in [6, 6.07) is 9.62. The standard InChI is InChI=1S/C19H23N5O2S2.C2H6/c1-13-8-9-20-17(10-13)23-16-7-5-6-14(22-16)15-12-21-18(27-15)11-19(2,3)24-28(4,25)26;1-2/h5-10,12,24H,11H2,1-4H3,(H,20,22,23);1-2H3. The molecule has 7 nitrogen and oxygen atoms in total. The lowest BCUT2D eigenvalue weighted by Crippen LogP contribution is -2.44. The molecule has 30 heavy (non-hydrogen) atoms. The number of hydrogen-bond donors (Lipinski definition) is 2. The molecule has 2 N–H and O–H groups in total. The van der Waals surface area contributed by atoms with Crippen LogP contribution in [0, 0.1) is 6.92 Å². The molecular formula is C21H29N5O2S2. The van der Waals surface area contributed by atoms with Crippen molar-refractivity contribution in [2.75, 3.05) is 11.6 Å². The van der Waals surface area contributed by atoms with Crippen LogP contribution >= 0.6 is 11.3 Å². The number of aryl methyl sites for hydroxylation is 1. The van der Waals surface area contributed by atoms with Crippen LogP contribution in [0.1, 0.15) is 38.3 Å². The average Bonchev–Trinajstić information content (AvgIpc) is 3.09. The molecule has 0 bridgehead atoms. The van der Waals surface area contributed by atoms with Crippen LogP contribution in [0.4, 0.5) is 11.6 Å². The molecule has 0 aliphatic carbocycles. The molecule has 0 aromatic carbocycles. The van der Waals surface area contributed by atoms with Crippen LogP contribution in [0.5, 0.6) is 0 Å². The van der Waals surface area contributed by atoms with Gasteiger partial charge in [-0.05, 0) is 50.6 Å². The first-order chi connectivity index (χ1) is 14.1. The Morgan fingerprint density at radius 2 is 1.83 bits per heavy atom. The third kappa shape index (κ3) is 7.47. The smallest absolute Gasteiger partial charge is 0.209 e. The lowest BCUT2D eigenvalue weighted by molar-refractivity contribution is 0.452. The molecule has 3 heterocycles. The molecule has 3 aromatic rings. The van der Waals surface area contributed by atoms with Crippen molar-refractivity contribution in [2.45, 2.75) is 46.6 Å². The second-order valence-electron chi connectivity index (χ2n) is 7.30. The summed E-state index contributed by atoms with van der Waals surface area (Å²) >= 11 is 1.50. The van der Waals surface area contributed by atoms with Gasteiger partial charge in [0.15, 0.2) is 0 Å². The molecule has 162 valence electrons. The van der Waals surface area contributed by atoms with E-state index >= 15 is 0 Å². The van der Waals surface area contributed by atoms with Crippen LogP contribution in [0.3, 0.4) is 0 Å². The van der Waals surface area contributed by atoms with E-state index in [0.717, 1.165) is 33.2 Å². The zero-order valence-corrected chi connectivity index (χ0v) is 19.9. The number of sulfonamides is 1. The lowest BCUT2D eigenvalue weighted by Gasteiger charge is -2.23. The molecule has 0 aliphatic rings. The fourth-order valence-corrected chi connectivity index (χ4v) is 5.00. The molecule has 9 heteroatoms. The molecule has 0 saturated heterocycles. The summed E-state index contributed by atoms with van der Waals surface area (Å²) in [5, 5.41) is 4.06. The molecule has 0 amide bonds. The highest BCUT2D eigenvalue weighted by molar-refractivity contribution is 7.88. The van der Waals surface area contributed by atoms with Gasteiger partial charge in [0.05, 0.1) is 21.8 Å². The summed E-state index contributed by atoms with van der Waals surface area (Å²) < 4.78 is 25.7. The number of aromatic nitrogens is 3. The van der Waals surface area contributed by atoms with E-state index in [9.17, 15) is 8.42 Å². The highest BCUT2D eigenvalue weighted by Crippen LogP contribution is 2.28. The number of hydrogen-bond acceptors (Lipinski definition) is 7. The average molecular weight is 448 g/mol. The Balaban J connectivity index is 0.00000155. The van der Waals surface area contributed by atoms with Crippen LogP contribution in [0.15, 0.2) is 42.7 Å². The first kappa shape index (κ1) is 23.9. The quantitative estimate of drug-likeness (QED) is 0.551. The fraction of sp³-hybridized carbons (Fsp3) is 0.381. The number of pyridine rings is 2. The van der Waals surface area contributed by atoms with Gasteiger partial charge in [0.2, 0.25) is 10.0 Å². The molecule has 0 aliphatic heterocycles. The van der Waals surface area contributed by atoms with Crippen molar-refractivity contribution in [3.63, 3.8) is 0 Å². The van der Waals surface area contributed by atoms with E-state index in [1.54, 1.807) is 12.4 Å². The topological polar surface area (TPSA) is 96.9 Å². The van der Waals surface area contributed by atoms with Crippen LogP contribution in [-0.4, -0.2) is 35.2 Å². The maximum atomic E-state index is 11.5. The van der Waals surface area contributed by atoms with Crippen LogP contribution in [-0.2, 0) is 16.4 Å². The van der Waals surface area contributed by atoms with Crippen molar-refractivity contribution in [1.82, 2.24) is 19.7 Å². The minimum atomic E-state index is -3.29. The van der Waals surface area contributed by atoms with Gasteiger partial charge in [-0.2, -0.15) is 0 Å². The first-order valence-corrected chi connectivity index (χ1v) is 12.4. The number of anilines is 2. The lowest BCUT2D eigenvalue weighted by atomic mass is 10.0. The molecule has 0 unspecified atom stereocenters. The van der Waals surface area contributed by atoms with E-state index in [1.807, 2.05) is 65.0 Å². The van der Waals surface area contributed by atoms with Crippen LogP contribution < -0.4 is 10.0 Å². The molecule has 3 aromatic heterocycles. The summed E-state index contributed by atoms with van der Waals surface area (Å²) in [6.07, 6.45) is 5.18. The SMILES string of the molecule is CC.Cc1ccnc(Nc2cccc(-c3cnc(CC(C)(C)NS(C)(=O)=O)s3)n2)c1. The number of nitrogens with one attached hydrogen (secondary N) is 2. The fourth-order valence-electron chi connectivity index (χ4n) is 2.80. The van der Waals surface area contributed by atoms with E-state index < -0.39 is 15.6 Å². The first-order valence-electron chi connectivity index (χ1n) is 9.70. The van der Waals surface area contributed by atoms with Crippen LogP contribution in [0.2, 0.25) is 0 Å². The summed E-state index contributed by atoms with van der Waals surface area (Å²) in [6.45, 7) is 9.69. The van der Waals surface area contributed by atoms with Crippen molar-refractivity contribution in [3.05, 3.63) is 53.3 Å². The van der Waals surface area contributed by atoms with E-state index in [2.05, 4.69) is 25.0 Å². The summed E-state index contributed by atoms with van der Waals surface area (Å²) in [4.78, 5) is 14.3. The molecular weight excluding hydrogens is 418 g/mol. The normalized spacial score (nSPS) is 11.5. The number of nitrogens with zero attached hydrogens (tertiary/aromatic N) is 3. The van der Waals surface area contributed by atoms with Gasteiger partial charge in [-0.3, -0.25) is 0 Å². The largest absolute Gasteiger partial charge is 0.325 e. The minimum absolute atomic E-state index is 0.496. The van der Waals surface area contributed by atoms with Gasteiger partial charge in [-0.1, -0.05) is 19.9 Å². The molecule has 0 spiro atoms. The van der Waals surface area contributed by atoms with E-state index in [0.29, 0.717) is 12.2 Å². The monoisotopic (exact) mass is 447 g/mol. The van der Waals surface area contributed by atoms with Gasteiger partial charge in [-0.15, -0.1) is 11.3 Å². The third-order valence-electron chi connectivity index (χ3n) is 3.78. The van der Waals surface area contributed by atoms with Crippen molar-refractivity contribution in [2.24, 2.45) is 0 Å². The number of thiazole rings is 1.